The van der Waals surface area contributed by atoms with Crippen LogP contribution in [0.4, 0.5) is 0 Å². The van der Waals surface area contributed by atoms with Gasteiger partial charge in [0, 0.05) is 6.42 Å². The molecule has 0 aromatic rings. The second kappa shape index (κ2) is 61.1. The first-order chi connectivity index (χ1) is 44.1. The van der Waals surface area contributed by atoms with E-state index in [1.165, 1.54) is 295 Å². The van der Waals surface area contributed by atoms with Gasteiger partial charge < -0.3 is 65.1 Å². The molecule has 0 aromatic carbocycles. The number of rotatable bonds is 65. The van der Waals surface area contributed by atoms with E-state index in [9.17, 15) is 45.6 Å². The Labute approximate surface area is 551 Å². The number of hydrogen-bond donors (Lipinski definition) is 9. The Balaban J connectivity index is 1.64. The van der Waals surface area contributed by atoms with Gasteiger partial charge in [-0.1, -0.05) is 334 Å². The van der Waals surface area contributed by atoms with Crippen LogP contribution in [0.5, 0.6) is 0 Å². The minimum Gasteiger partial charge on any atom is -0.394 e. The van der Waals surface area contributed by atoms with Crippen molar-refractivity contribution in [2.24, 2.45) is 0 Å². The van der Waals surface area contributed by atoms with Crippen LogP contribution in [-0.4, -0.2) is 140 Å². The fraction of sp³-hybridized carbons (Fsp3) is 0.934. The Morgan fingerprint density at radius 2 is 0.700 bits per heavy atom. The van der Waals surface area contributed by atoms with E-state index in [0.29, 0.717) is 6.42 Å². The molecule has 1 amide bonds. The summed E-state index contributed by atoms with van der Waals surface area (Å²) in [7, 11) is 0. The molecule has 9 N–H and O–H groups in total. The number of carbonyl (C=O) groups excluding carboxylic acids is 1. The summed E-state index contributed by atoms with van der Waals surface area (Å²) in [6.07, 6.45) is 61.1. The van der Waals surface area contributed by atoms with Crippen LogP contribution in [0.2, 0.25) is 0 Å². The van der Waals surface area contributed by atoms with Crippen molar-refractivity contribution in [3.63, 3.8) is 0 Å². The summed E-state index contributed by atoms with van der Waals surface area (Å²) in [6, 6.07) is -0.915. The molecule has 0 spiro atoms. The van der Waals surface area contributed by atoms with Gasteiger partial charge in [-0.05, 0) is 44.9 Å². The molecule has 14 heteroatoms. The summed E-state index contributed by atoms with van der Waals surface area (Å²) in [5, 5.41) is 87.6. The lowest BCUT2D eigenvalue weighted by atomic mass is 9.97. The molecule has 2 fully saturated rings. The largest absolute Gasteiger partial charge is 0.394 e. The van der Waals surface area contributed by atoms with Gasteiger partial charge in [-0.3, -0.25) is 4.79 Å². The first kappa shape index (κ1) is 84.6. The monoisotopic (exact) mass is 1280 g/mol. The van der Waals surface area contributed by atoms with Crippen LogP contribution in [0.3, 0.4) is 0 Å². The van der Waals surface area contributed by atoms with E-state index < -0.39 is 86.8 Å². The highest BCUT2D eigenvalue weighted by Crippen LogP contribution is 2.30. The quantitative estimate of drug-likeness (QED) is 0.0204. The number of nitrogens with one attached hydrogen (secondary N) is 1. The summed E-state index contributed by atoms with van der Waals surface area (Å²) in [6.45, 7) is 2.86. The van der Waals surface area contributed by atoms with Gasteiger partial charge in [0.05, 0.1) is 32.0 Å². The maximum Gasteiger partial charge on any atom is 0.220 e. The minimum atomic E-state index is -1.79. The van der Waals surface area contributed by atoms with Crippen molar-refractivity contribution in [2.45, 2.75) is 434 Å². The SMILES string of the molecule is CCCCCCCCCC/C=C\CCCCCCCCCCCCCCCC(=O)NC(COC1OC(CO)C(OC2OC(CO)C(O)C(O)C2O)C(O)C1O)C(O)/C=C/CCCCCCCCCCCCCCCCCCCCCCCCCCCCCCC. The maximum atomic E-state index is 13.4. The summed E-state index contributed by atoms with van der Waals surface area (Å²) < 4.78 is 22.9. The number of amides is 1. The third-order valence-corrected chi connectivity index (χ3v) is 19.1. The minimum absolute atomic E-state index is 0.233. The third-order valence-electron chi connectivity index (χ3n) is 19.1. The van der Waals surface area contributed by atoms with E-state index in [0.717, 1.165) is 38.5 Å². The van der Waals surface area contributed by atoms with Crippen molar-refractivity contribution in [1.29, 1.82) is 0 Å². The summed E-state index contributed by atoms with van der Waals surface area (Å²) in [5.41, 5.74) is 0. The lowest BCUT2D eigenvalue weighted by molar-refractivity contribution is -0.359. The van der Waals surface area contributed by atoms with Crippen molar-refractivity contribution in [1.82, 2.24) is 5.32 Å². The van der Waals surface area contributed by atoms with E-state index in [1.54, 1.807) is 6.08 Å². The van der Waals surface area contributed by atoms with Crippen molar-refractivity contribution < 1.29 is 64.6 Å². The highest BCUT2D eigenvalue weighted by molar-refractivity contribution is 5.76. The van der Waals surface area contributed by atoms with E-state index in [2.05, 4.69) is 31.3 Å². The van der Waals surface area contributed by atoms with E-state index in [-0.39, 0.29) is 18.9 Å². The summed E-state index contributed by atoms with van der Waals surface area (Å²) >= 11 is 0. The molecule has 12 unspecified atom stereocenters. The molecule has 2 aliphatic heterocycles. The Morgan fingerprint density at radius 3 is 1.06 bits per heavy atom. The van der Waals surface area contributed by atoms with Crippen molar-refractivity contribution >= 4 is 5.91 Å². The zero-order valence-electron chi connectivity index (χ0n) is 58.2. The van der Waals surface area contributed by atoms with Gasteiger partial charge in [-0.2, -0.15) is 0 Å². The Morgan fingerprint density at radius 1 is 0.389 bits per heavy atom. The second-order valence-electron chi connectivity index (χ2n) is 27.5. The van der Waals surface area contributed by atoms with Gasteiger partial charge in [0.2, 0.25) is 5.91 Å². The molecule has 0 aromatic heterocycles. The fourth-order valence-corrected chi connectivity index (χ4v) is 13.0. The Hall–Kier alpha value is -1.53. The Bertz CT molecular complexity index is 1600. The number of hydrogen-bond acceptors (Lipinski definition) is 13. The van der Waals surface area contributed by atoms with Gasteiger partial charge >= 0.3 is 0 Å². The van der Waals surface area contributed by atoms with Crippen LogP contribution in [0.1, 0.15) is 361 Å². The molecule has 0 radical (unpaired) electrons. The molecular weight excluding hydrogens is 1130 g/mol. The maximum absolute atomic E-state index is 13.4. The predicted octanol–water partition coefficient (Wildman–Crippen LogP) is 16.7. The van der Waals surface area contributed by atoms with Gasteiger partial charge in [0.15, 0.2) is 12.6 Å². The predicted molar refractivity (Wildman–Crippen MR) is 369 cm³/mol. The van der Waals surface area contributed by atoms with Crippen LogP contribution in [0.25, 0.3) is 0 Å². The third kappa shape index (κ3) is 44.3. The number of aliphatic hydroxyl groups is 8. The zero-order chi connectivity index (χ0) is 65.2. The molecule has 0 bridgehead atoms. The standard InChI is InChI=1S/C76H145NO13/c1-3-5-7-9-11-13-15-17-19-21-23-25-27-29-30-31-32-33-34-36-37-39-41-43-45-47-49-51-53-55-57-59-65(80)64(63-87-75-73(86)71(84)74(67(62-79)89-75)90-76-72(85)70(83)69(82)66(61-78)88-76)77-68(81)60-58-56-54-52-50-48-46-44-42-40-38-35-28-26-24-22-20-18-16-14-12-10-8-6-4-2/h22,24,57,59,64-67,69-76,78-80,82-86H,3-21,23,25-56,58,60-63H2,1-2H3,(H,77,81)/b24-22-,59-57+. The first-order valence-corrected chi connectivity index (χ1v) is 38.6. The summed E-state index contributed by atoms with van der Waals surface area (Å²) in [5.74, 6) is -0.233. The molecule has 2 aliphatic rings. The highest BCUT2D eigenvalue weighted by atomic mass is 16.7. The fourth-order valence-electron chi connectivity index (χ4n) is 13.0. The van der Waals surface area contributed by atoms with E-state index in [1.807, 2.05) is 6.08 Å². The molecule has 12 atom stereocenters. The van der Waals surface area contributed by atoms with Crippen LogP contribution in [0, 0.1) is 0 Å². The van der Waals surface area contributed by atoms with Crippen molar-refractivity contribution in [3.05, 3.63) is 24.3 Å². The van der Waals surface area contributed by atoms with Gasteiger partial charge in [-0.25, -0.2) is 0 Å². The van der Waals surface area contributed by atoms with Crippen LogP contribution >= 0.6 is 0 Å². The van der Waals surface area contributed by atoms with E-state index in [4.69, 9.17) is 18.9 Å². The first-order valence-electron chi connectivity index (χ1n) is 38.6. The lowest BCUT2D eigenvalue weighted by Gasteiger charge is -2.46. The molecule has 90 heavy (non-hydrogen) atoms. The normalized spacial score (nSPS) is 23.0. The molecular formula is C76H145NO13. The average Bonchev–Trinajstić information content (AvgIpc) is 1.41. The zero-order valence-corrected chi connectivity index (χ0v) is 58.2. The van der Waals surface area contributed by atoms with Crippen LogP contribution in [-0.2, 0) is 23.7 Å². The second-order valence-corrected chi connectivity index (χ2v) is 27.5. The topological polar surface area (TPSA) is 228 Å². The number of unbranched alkanes of at least 4 members (excludes halogenated alkanes) is 50. The molecule has 0 saturated carbocycles. The smallest absolute Gasteiger partial charge is 0.220 e. The van der Waals surface area contributed by atoms with Crippen LogP contribution in [0.15, 0.2) is 24.3 Å². The van der Waals surface area contributed by atoms with Gasteiger partial charge in [-0.15, -0.1) is 0 Å². The number of carbonyl (C=O) groups is 1. The van der Waals surface area contributed by atoms with E-state index >= 15 is 0 Å². The van der Waals surface area contributed by atoms with Crippen molar-refractivity contribution in [2.75, 3.05) is 19.8 Å². The molecule has 14 nitrogen and oxygen atoms in total. The number of allylic oxidation sites excluding steroid dienone is 3. The highest BCUT2D eigenvalue weighted by Gasteiger charge is 2.51. The summed E-state index contributed by atoms with van der Waals surface area (Å²) in [4.78, 5) is 13.4. The van der Waals surface area contributed by atoms with Gasteiger partial charge in [0.25, 0.3) is 0 Å². The Kier molecular flexibility index (Phi) is 57.4. The van der Waals surface area contributed by atoms with Gasteiger partial charge in [0.1, 0.15) is 48.8 Å². The lowest BCUT2D eigenvalue weighted by Crippen LogP contribution is -2.65. The number of ether oxygens (including phenoxy) is 4. The number of aliphatic hydroxyl groups excluding tert-OH is 8. The molecule has 532 valence electrons. The molecule has 2 heterocycles. The van der Waals surface area contributed by atoms with Crippen molar-refractivity contribution in [3.8, 4) is 0 Å². The average molecular weight is 1280 g/mol. The van der Waals surface area contributed by atoms with Crippen LogP contribution < -0.4 is 5.32 Å². The molecule has 2 rings (SSSR count). The molecule has 2 saturated heterocycles. The molecule has 0 aliphatic carbocycles.